The zero-order chi connectivity index (χ0) is 20.3. The first-order chi connectivity index (χ1) is 13.5. The summed E-state index contributed by atoms with van der Waals surface area (Å²) < 4.78 is 0. The van der Waals surface area contributed by atoms with Crippen LogP contribution in [0.15, 0.2) is 24.3 Å². The first-order valence-electron chi connectivity index (χ1n) is 8.89. The quantitative estimate of drug-likeness (QED) is 0.650. The molecule has 4 rings (SSSR count). The molecule has 0 spiro atoms. The largest absolute Gasteiger partial charge is 0.483 e. The lowest BCUT2D eigenvalue weighted by molar-refractivity contribution is -0.138. The molecule has 1 aromatic carbocycles. The Balaban J connectivity index is 0.000000706. The Bertz CT molecular complexity index is 894. The molecular weight excluding hydrogens is 364 g/mol. The number of aromatic carboxylic acids is 1. The van der Waals surface area contributed by atoms with Crippen molar-refractivity contribution in [3.8, 4) is 0 Å². The van der Waals surface area contributed by atoms with E-state index in [0.717, 1.165) is 12.2 Å². The van der Waals surface area contributed by atoms with Crippen LogP contribution in [-0.2, 0) is 35.5 Å². The fourth-order valence-corrected chi connectivity index (χ4v) is 3.80. The number of benzene rings is 1. The Hall–Kier alpha value is -3.20. The lowest BCUT2D eigenvalue weighted by atomic mass is 9.93. The van der Waals surface area contributed by atoms with Gasteiger partial charge in [0.2, 0.25) is 5.91 Å². The summed E-state index contributed by atoms with van der Waals surface area (Å²) >= 11 is 0. The number of amides is 1. The zero-order valence-electron chi connectivity index (χ0n) is 15.5. The topological polar surface area (TPSA) is 127 Å². The maximum Gasteiger partial charge on any atom is 0.356 e. The predicted octanol–water partition coefficient (Wildman–Crippen LogP) is 0.750. The third-order valence-corrected chi connectivity index (χ3v) is 5.22. The summed E-state index contributed by atoms with van der Waals surface area (Å²) in [5.41, 5.74) is 3.95. The summed E-state index contributed by atoms with van der Waals surface area (Å²) in [6.07, 6.45) is 1.29. The first-order valence-corrected chi connectivity index (χ1v) is 8.89. The van der Waals surface area contributed by atoms with E-state index in [4.69, 9.17) is 9.90 Å². The summed E-state index contributed by atoms with van der Waals surface area (Å²) in [6.45, 7) is 1.38. The maximum atomic E-state index is 13.1. The molecule has 0 fully saturated rings. The minimum Gasteiger partial charge on any atom is -0.483 e. The number of likely N-dealkylation sites (N-methyl/N-ethyl adjacent to an activating group) is 1. The molecule has 1 atom stereocenters. The Labute approximate surface area is 161 Å². The molecule has 2 aliphatic heterocycles. The number of aromatic amines is 1. The lowest BCUT2D eigenvalue weighted by Crippen LogP contribution is -2.51. The first kappa shape index (κ1) is 19.6. The summed E-state index contributed by atoms with van der Waals surface area (Å²) in [6, 6.07) is 7.99. The summed E-state index contributed by atoms with van der Waals surface area (Å²) in [4.78, 5) is 36.6. The second kappa shape index (κ2) is 8.22. The van der Waals surface area contributed by atoms with E-state index in [0.29, 0.717) is 31.5 Å². The molecule has 0 saturated heterocycles. The third-order valence-electron chi connectivity index (χ3n) is 5.22. The molecule has 9 nitrogen and oxygen atoms in total. The molecule has 9 heteroatoms. The molecule has 2 aromatic rings. The van der Waals surface area contributed by atoms with Gasteiger partial charge in [0.1, 0.15) is 0 Å². The van der Waals surface area contributed by atoms with E-state index < -0.39 is 5.97 Å². The number of hydrogen-bond acceptors (Lipinski definition) is 5. The van der Waals surface area contributed by atoms with Gasteiger partial charge in [-0.05, 0) is 24.6 Å². The van der Waals surface area contributed by atoms with Gasteiger partial charge in [0.05, 0.1) is 6.04 Å². The standard InChI is InChI=1S/C18H20N4O3.CH2O2/c1-21-9-12-5-3-2-4-11(12)8-15(21)17(23)22-7-6-14-13(10-22)16(18(24)25)20-19-14;2-1-3/h2-5,15H,6-10H2,1H3,(H,19,20)(H,24,25);1H,(H,2,3). The highest BCUT2D eigenvalue weighted by atomic mass is 16.4. The van der Waals surface area contributed by atoms with E-state index >= 15 is 0 Å². The van der Waals surface area contributed by atoms with Gasteiger partial charge in [0, 0.05) is 37.3 Å². The monoisotopic (exact) mass is 386 g/mol. The van der Waals surface area contributed by atoms with Crippen molar-refractivity contribution in [3.05, 3.63) is 52.3 Å². The van der Waals surface area contributed by atoms with Crippen molar-refractivity contribution < 1.29 is 24.6 Å². The van der Waals surface area contributed by atoms with Crippen molar-refractivity contribution in [1.82, 2.24) is 20.0 Å². The van der Waals surface area contributed by atoms with Crippen molar-refractivity contribution >= 4 is 18.3 Å². The van der Waals surface area contributed by atoms with Crippen molar-refractivity contribution in [1.29, 1.82) is 0 Å². The van der Waals surface area contributed by atoms with Gasteiger partial charge in [-0.2, -0.15) is 5.10 Å². The Morgan fingerprint density at radius 2 is 1.93 bits per heavy atom. The molecule has 0 aliphatic carbocycles. The van der Waals surface area contributed by atoms with Gasteiger partial charge in [-0.3, -0.25) is 19.6 Å². The van der Waals surface area contributed by atoms with Gasteiger partial charge in [-0.15, -0.1) is 0 Å². The third kappa shape index (κ3) is 3.74. The van der Waals surface area contributed by atoms with Gasteiger partial charge in [0.25, 0.3) is 6.47 Å². The fourth-order valence-electron chi connectivity index (χ4n) is 3.80. The number of nitrogens with one attached hydrogen (secondary N) is 1. The van der Waals surface area contributed by atoms with Crippen LogP contribution in [0.5, 0.6) is 0 Å². The molecule has 1 aromatic heterocycles. The van der Waals surface area contributed by atoms with Crippen LogP contribution in [0, 0.1) is 0 Å². The van der Waals surface area contributed by atoms with E-state index in [9.17, 15) is 14.7 Å². The van der Waals surface area contributed by atoms with E-state index in [-0.39, 0.29) is 24.1 Å². The SMILES string of the molecule is CN1Cc2ccccc2CC1C(=O)N1CCc2[nH]nc(C(=O)O)c2C1.O=CO. The Morgan fingerprint density at radius 3 is 2.61 bits per heavy atom. The minimum atomic E-state index is -1.06. The highest BCUT2D eigenvalue weighted by molar-refractivity contribution is 5.88. The minimum absolute atomic E-state index is 0.0230. The highest BCUT2D eigenvalue weighted by Gasteiger charge is 2.35. The highest BCUT2D eigenvalue weighted by Crippen LogP contribution is 2.26. The van der Waals surface area contributed by atoms with Crippen LogP contribution in [0.2, 0.25) is 0 Å². The number of carbonyl (C=O) groups is 3. The number of hydrogen-bond donors (Lipinski definition) is 3. The number of rotatable bonds is 2. The van der Waals surface area contributed by atoms with Crippen LogP contribution in [0.3, 0.4) is 0 Å². The van der Waals surface area contributed by atoms with Gasteiger partial charge < -0.3 is 15.1 Å². The van der Waals surface area contributed by atoms with Crippen LogP contribution in [0.1, 0.15) is 32.9 Å². The number of aromatic nitrogens is 2. The molecule has 1 unspecified atom stereocenters. The molecular formula is C19H22N4O5. The second-order valence-electron chi connectivity index (χ2n) is 6.85. The number of carboxylic acid groups (broad SMARTS) is 2. The Kier molecular flexibility index (Phi) is 5.74. The van der Waals surface area contributed by atoms with Gasteiger partial charge in [-0.25, -0.2) is 4.79 Å². The van der Waals surface area contributed by atoms with E-state index in [1.54, 1.807) is 4.90 Å². The molecule has 28 heavy (non-hydrogen) atoms. The van der Waals surface area contributed by atoms with Crippen molar-refractivity contribution in [3.63, 3.8) is 0 Å². The van der Waals surface area contributed by atoms with Gasteiger partial charge >= 0.3 is 5.97 Å². The average Bonchev–Trinajstić information content (AvgIpc) is 3.11. The number of fused-ring (bicyclic) bond motifs is 2. The molecule has 0 saturated carbocycles. The number of nitrogens with zero attached hydrogens (tertiary/aromatic N) is 3. The maximum absolute atomic E-state index is 13.1. The summed E-state index contributed by atoms with van der Waals surface area (Å²) in [5.74, 6) is -1.00. The summed E-state index contributed by atoms with van der Waals surface area (Å²) in [5, 5.41) is 22.8. The smallest absolute Gasteiger partial charge is 0.356 e. The Morgan fingerprint density at radius 1 is 1.25 bits per heavy atom. The summed E-state index contributed by atoms with van der Waals surface area (Å²) in [7, 11) is 1.97. The molecule has 3 N–H and O–H groups in total. The molecule has 148 valence electrons. The fraction of sp³-hybridized carbons (Fsp3) is 0.368. The second-order valence-corrected chi connectivity index (χ2v) is 6.85. The molecule has 2 aliphatic rings. The van der Waals surface area contributed by atoms with Crippen molar-refractivity contribution in [2.45, 2.75) is 32.0 Å². The van der Waals surface area contributed by atoms with Crippen LogP contribution in [0.25, 0.3) is 0 Å². The normalized spacial score (nSPS) is 18.3. The molecule has 3 heterocycles. The van der Waals surface area contributed by atoms with E-state index in [1.165, 1.54) is 11.1 Å². The van der Waals surface area contributed by atoms with Gasteiger partial charge in [-0.1, -0.05) is 24.3 Å². The van der Waals surface area contributed by atoms with E-state index in [2.05, 4.69) is 27.2 Å². The van der Waals surface area contributed by atoms with E-state index in [1.807, 2.05) is 19.2 Å². The number of carboxylic acids is 1. The van der Waals surface area contributed by atoms with Crippen molar-refractivity contribution in [2.75, 3.05) is 13.6 Å². The van der Waals surface area contributed by atoms with Gasteiger partial charge in [0.15, 0.2) is 5.69 Å². The van der Waals surface area contributed by atoms with Crippen LogP contribution < -0.4 is 0 Å². The van der Waals surface area contributed by atoms with Crippen LogP contribution in [-0.4, -0.2) is 68.2 Å². The number of carbonyl (C=O) groups excluding carboxylic acids is 1. The van der Waals surface area contributed by atoms with Crippen molar-refractivity contribution in [2.24, 2.45) is 0 Å². The zero-order valence-corrected chi connectivity index (χ0v) is 15.5. The van der Waals surface area contributed by atoms with Crippen LogP contribution in [0.4, 0.5) is 0 Å². The number of H-pyrrole nitrogens is 1. The molecule has 0 bridgehead atoms. The average molecular weight is 386 g/mol. The predicted molar refractivity (Wildman–Crippen MR) is 98.8 cm³/mol. The molecule has 1 amide bonds. The molecule has 0 radical (unpaired) electrons. The van der Waals surface area contributed by atoms with Crippen LogP contribution >= 0.6 is 0 Å². The lowest BCUT2D eigenvalue weighted by Gasteiger charge is -2.37.